The van der Waals surface area contributed by atoms with Crippen LogP contribution in [0.15, 0.2) is 30.9 Å². The van der Waals surface area contributed by atoms with Gasteiger partial charge in [0, 0.05) is 17.8 Å². The average Bonchev–Trinajstić information content (AvgIpc) is 3.23. The van der Waals surface area contributed by atoms with Crippen molar-refractivity contribution in [3.63, 3.8) is 0 Å². The van der Waals surface area contributed by atoms with Crippen LogP contribution in [-0.2, 0) is 14.3 Å². The van der Waals surface area contributed by atoms with Gasteiger partial charge in [-0.05, 0) is 74.0 Å². The summed E-state index contributed by atoms with van der Waals surface area (Å²) in [7, 11) is 0. The molecule has 5 nitrogen and oxygen atoms in total. The van der Waals surface area contributed by atoms with Crippen molar-refractivity contribution in [2.24, 2.45) is 28.6 Å². The van der Waals surface area contributed by atoms with Gasteiger partial charge in [0.15, 0.2) is 0 Å². The molecule has 1 aromatic heterocycles. The molecule has 6 heteroatoms. The molecule has 0 amide bonds. The van der Waals surface area contributed by atoms with Gasteiger partial charge in [-0.2, -0.15) is 0 Å². The molecular formula is C32H47NO4S. The summed E-state index contributed by atoms with van der Waals surface area (Å²) in [6, 6.07) is 6.20. The standard InChI is InChI=1S/C32H47NO4S/c1-9-11-24-29(35)20(2)12-10-16-31(5,6)21(3)18-26(37-28(34)15-17-32(7,8)30(24)36)23-13-14-27-25(19-23)33-22(4)38-27/h9,13-14,19-21,24,26,29,35H,1,10-12,15-18H2,2-8H3/t20-,21-,24+,26-,29-/m0/s1. The Kier molecular flexibility index (Phi) is 9.97. The molecule has 3 rings (SSSR count). The summed E-state index contributed by atoms with van der Waals surface area (Å²) in [5, 5.41) is 12.2. The van der Waals surface area contributed by atoms with Crippen LogP contribution in [0.4, 0.5) is 0 Å². The van der Waals surface area contributed by atoms with Crippen LogP contribution in [0.1, 0.15) is 103 Å². The number of aliphatic hydroxyl groups excluding tert-OH is 1. The number of hydrogen-bond donors (Lipinski definition) is 1. The van der Waals surface area contributed by atoms with Gasteiger partial charge < -0.3 is 9.84 Å². The van der Waals surface area contributed by atoms with Gasteiger partial charge in [0.05, 0.1) is 21.3 Å². The summed E-state index contributed by atoms with van der Waals surface area (Å²) >= 11 is 1.66. The minimum Gasteiger partial charge on any atom is -0.457 e. The third-order valence-corrected chi connectivity index (χ3v) is 9.87. The molecule has 0 radical (unpaired) electrons. The molecule has 1 aliphatic heterocycles. The van der Waals surface area contributed by atoms with E-state index >= 15 is 0 Å². The summed E-state index contributed by atoms with van der Waals surface area (Å²) < 4.78 is 7.29. The van der Waals surface area contributed by atoms with Crippen LogP contribution in [0.25, 0.3) is 10.2 Å². The van der Waals surface area contributed by atoms with Gasteiger partial charge in [0.1, 0.15) is 11.9 Å². The predicted molar refractivity (Wildman–Crippen MR) is 156 cm³/mol. The smallest absolute Gasteiger partial charge is 0.306 e. The monoisotopic (exact) mass is 541 g/mol. The second kappa shape index (κ2) is 12.4. The minimum atomic E-state index is -0.758. The highest BCUT2D eigenvalue weighted by Gasteiger charge is 2.39. The number of hydrogen-bond acceptors (Lipinski definition) is 6. The van der Waals surface area contributed by atoms with E-state index in [1.54, 1.807) is 17.4 Å². The SMILES string of the molecule is C=CC[C@H]1C(=O)C(C)(C)CCC(=O)O[C@H](c2ccc3sc(C)nc3c2)C[C@H](C)C(C)(C)CCC[C@H](C)[C@@H]1O. The lowest BCUT2D eigenvalue weighted by molar-refractivity contribution is -0.152. The van der Waals surface area contributed by atoms with Gasteiger partial charge in [0.25, 0.3) is 0 Å². The van der Waals surface area contributed by atoms with E-state index in [-0.39, 0.29) is 35.6 Å². The number of fused-ring (bicyclic) bond motifs is 1. The van der Waals surface area contributed by atoms with Gasteiger partial charge in [-0.25, -0.2) is 4.98 Å². The summed E-state index contributed by atoms with van der Waals surface area (Å²) in [4.78, 5) is 31.5. The van der Waals surface area contributed by atoms with E-state index in [4.69, 9.17) is 4.74 Å². The topological polar surface area (TPSA) is 76.5 Å². The molecule has 0 saturated carbocycles. The normalized spacial score (nSPS) is 29.6. The summed E-state index contributed by atoms with van der Waals surface area (Å²) in [5.74, 6) is -0.518. The fraction of sp³-hybridized carbons (Fsp3) is 0.656. The van der Waals surface area contributed by atoms with E-state index in [2.05, 4.69) is 50.5 Å². The average molecular weight is 542 g/mol. The molecule has 210 valence electrons. The fourth-order valence-corrected chi connectivity index (χ4v) is 6.49. The highest BCUT2D eigenvalue weighted by atomic mass is 32.1. The number of aromatic nitrogens is 1. The lowest BCUT2D eigenvalue weighted by atomic mass is 9.71. The van der Waals surface area contributed by atoms with Crippen molar-refractivity contribution in [3.05, 3.63) is 41.4 Å². The van der Waals surface area contributed by atoms with Gasteiger partial charge in [-0.15, -0.1) is 17.9 Å². The molecule has 1 aliphatic rings. The Morgan fingerprint density at radius 2 is 1.89 bits per heavy atom. The van der Waals surface area contributed by atoms with Crippen LogP contribution >= 0.6 is 11.3 Å². The van der Waals surface area contributed by atoms with E-state index in [9.17, 15) is 14.7 Å². The molecule has 1 aromatic carbocycles. The number of cyclic esters (lactones) is 1. The van der Waals surface area contributed by atoms with Gasteiger partial charge in [0.2, 0.25) is 0 Å². The summed E-state index contributed by atoms with van der Waals surface area (Å²) in [6.07, 6.45) is 5.10. The first-order chi connectivity index (χ1) is 17.7. The maximum Gasteiger partial charge on any atom is 0.306 e. The van der Waals surface area contributed by atoms with Crippen molar-refractivity contribution >= 4 is 33.3 Å². The molecule has 0 unspecified atom stereocenters. The number of thiazole rings is 1. The molecule has 0 bridgehead atoms. The first-order valence-corrected chi connectivity index (χ1v) is 15.0. The Morgan fingerprint density at radius 3 is 2.58 bits per heavy atom. The number of aliphatic hydroxyl groups is 1. The number of nitrogens with zero attached hydrogens (tertiary/aromatic N) is 1. The van der Waals surface area contributed by atoms with Crippen LogP contribution < -0.4 is 0 Å². The zero-order valence-corrected chi connectivity index (χ0v) is 25.2. The predicted octanol–water partition coefficient (Wildman–Crippen LogP) is 7.99. The van der Waals surface area contributed by atoms with E-state index < -0.39 is 17.4 Å². The number of ketones is 1. The van der Waals surface area contributed by atoms with Crippen LogP contribution in [-0.4, -0.2) is 27.9 Å². The van der Waals surface area contributed by atoms with Crippen LogP contribution in [0.3, 0.4) is 0 Å². The molecule has 0 spiro atoms. The zero-order valence-electron chi connectivity index (χ0n) is 24.4. The first-order valence-electron chi connectivity index (χ1n) is 14.1. The number of carbonyl (C=O) groups is 2. The molecule has 2 heterocycles. The number of allylic oxidation sites excluding steroid dienone is 1. The Hall–Kier alpha value is -2.05. The largest absolute Gasteiger partial charge is 0.457 e. The number of ether oxygens (including phenoxy) is 1. The van der Waals surface area contributed by atoms with Crippen molar-refractivity contribution in [2.45, 2.75) is 106 Å². The molecule has 2 aromatic rings. The molecular weight excluding hydrogens is 494 g/mol. The second-order valence-electron chi connectivity index (χ2n) is 12.8. The molecule has 1 saturated heterocycles. The highest BCUT2D eigenvalue weighted by Crippen LogP contribution is 2.41. The van der Waals surface area contributed by atoms with Crippen molar-refractivity contribution < 1.29 is 19.4 Å². The second-order valence-corrected chi connectivity index (χ2v) is 14.0. The van der Waals surface area contributed by atoms with Crippen molar-refractivity contribution in [1.82, 2.24) is 4.98 Å². The Balaban J connectivity index is 1.93. The van der Waals surface area contributed by atoms with Crippen molar-refractivity contribution in [3.8, 4) is 0 Å². The van der Waals surface area contributed by atoms with Crippen molar-refractivity contribution in [1.29, 1.82) is 0 Å². The maximum absolute atomic E-state index is 13.6. The third kappa shape index (κ3) is 7.32. The summed E-state index contributed by atoms with van der Waals surface area (Å²) in [6.45, 7) is 18.4. The quantitative estimate of drug-likeness (QED) is 0.315. The van der Waals surface area contributed by atoms with E-state index in [1.807, 2.05) is 27.7 Å². The lowest BCUT2D eigenvalue weighted by Gasteiger charge is -2.36. The number of carbonyl (C=O) groups excluding carboxylic acids is 2. The lowest BCUT2D eigenvalue weighted by Crippen LogP contribution is -2.40. The molecule has 5 atom stereocenters. The van der Waals surface area contributed by atoms with E-state index in [0.717, 1.165) is 46.5 Å². The number of aryl methyl sites for hydroxylation is 1. The first kappa shape index (κ1) is 30.5. The number of rotatable bonds is 3. The maximum atomic E-state index is 13.6. The summed E-state index contributed by atoms with van der Waals surface area (Å²) in [5.41, 5.74) is 1.17. The molecule has 0 aliphatic carbocycles. The van der Waals surface area contributed by atoms with Gasteiger partial charge in [-0.3, -0.25) is 9.59 Å². The van der Waals surface area contributed by atoms with E-state index in [0.29, 0.717) is 18.8 Å². The van der Waals surface area contributed by atoms with Crippen LogP contribution in [0, 0.1) is 35.5 Å². The molecule has 1 N–H and O–H groups in total. The van der Waals surface area contributed by atoms with Crippen LogP contribution in [0.2, 0.25) is 0 Å². The number of esters is 1. The Morgan fingerprint density at radius 1 is 1.18 bits per heavy atom. The number of benzene rings is 1. The van der Waals surface area contributed by atoms with Crippen molar-refractivity contribution in [2.75, 3.05) is 0 Å². The van der Waals surface area contributed by atoms with Crippen LogP contribution in [0.5, 0.6) is 0 Å². The highest BCUT2D eigenvalue weighted by molar-refractivity contribution is 7.18. The zero-order chi connectivity index (χ0) is 28.3. The Bertz CT molecular complexity index is 1130. The van der Waals surface area contributed by atoms with E-state index in [1.165, 1.54) is 0 Å². The third-order valence-electron chi connectivity index (χ3n) is 8.92. The van der Waals surface area contributed by atoms with Gasteiger partial charge in [-0.1, -0.05) is 60.1 Å². The molecule has 38 heavy (non-hydrogen) atoms. The van der Waals surface area contributed by atoms with Gasteiger partial charge >= 0.3 is 5.97 Å². The fourth-order valence-electron chi connectivity index (χ4n) is 5.68. The Labute approximate surface area is 233 Å². The number of Topliss-reactive ketones (excluding diaryl/α,β-unsaturated/α-hetero) is 1. The minimum absolute atomic E-state index is 0.00437. The molecule has 1 fully saturated rings.